The molecule has 2 rings (SSSR count). The molecule has 0 unspecified atom stereocenters. The molecule has 0 bridgehead atoms. The van der Waals surface area contributed by atoms with Gasteiger partial charge in [-0.3, -0.25) is 4.79 Å². The first-order valence-electron chi connectivity index (χ1n) is 6.51. The van der Waals surface area contributed by atoms with Gasteiger partial charge in [0, 0.05) is 12.1 Å². The second-order valence-corrected chi connectivity index (χ2v) is 4.78. The number of nitrogens with two attached hydrogens (primary N) is 1. The fourth-order valence-corrected chi connectivity index (χ4v) is 2.06. The van der Waals surface area contributed by atoms with E-state index in [0.717, 1.165) is 11.1 Å². The van der Waals surface area contributed by atoms with Crippen LogP contribution >= 0.6 is 11.6 Å². The number of amides is 1. The first-order chi connectivity index (χ1) is 10.2. The van der Waals surface area contributed by atoms with Crippen LogP contribution in [-0.2, 0) is 6.54 Å². The molecular weight excluding hydrogens is 284 g/mol. The highest BCUT2D eigenvalue weighted by molar-refractivity contribution is 6.33. The minimum absolute atomic E-state index is 0.195. The Bertz CT molecular complexity index is 701. The average Bonchev–Trinajstić information content (AvgIpc) is 2.51. The summed E-state index contributed by atoms with van der Waals surface area (Å²) in [6, 6.07) is 14.6. The van der Waals surface area contributed by atoms with E-state index in [-0.39, 0.29) is 5.91 Å². The van der Waals surface area contributed by atoms with Crippen molar-refractivity contribution >= 4 is 17.5 Å². The monoisotopic (exact) mass is 298 g/mol. The Morgan fingerprint density at radius 3 is 2.76 bits per heavy atom. The molecule has 106 valence electrons. The summed E-state index contributed by atoms with van der Waals surface area (Å²) < 4.78 is 0. The van der Waals surface area contributed by atoms with Crippen LogP contribution in [-0.4, -0.2) is 12.5 Å². The standard InChI is InChI=1S/C17H15ClN2O/c18-16-9-2-1-8-15(16)17(21)20-12-14-6-3-5-13(11-14)7-4-10-19/h1-3,5-6,8-9,11H,10,12,19H2,(H,20,21). The van der Waals surface area contributed by atoms with Crippen molar-refractivity contribution in [2.75, 3.05) is 6.54 Å². The lowest BCUT2D eigenvalue weighted by Gasteiger charge is -2.07. The normalized spacial score (nSPS) is 9.62. The molecule has 0 radical (unpaired) electrons. The molecule has 0 aliphatic heterocycles. The first-order valence-corrected chi connectivity index (χ1v) is 6.89. The van der Waals surface area contributed by atoms with E-state index in [1.807, 2.05) is 24.3 Å². The number of rotatable bonds is 3. The summed E-state index contributed by atoms with van der Waals surface area (Å²) in [4.78, 5) is 12.1. The lowest BCUT2D eigenvalue weighted by molar-refractivity contribution is 0.0951. The number of halogens is 1. The van der Waals surface area contributed by atoms with E-state index in [2.05, 4.69) is 17.2 Å². The molecule has 0 aliphatic rings. The SMILES string of the molecule is NCC#Cc1cccc(CNC(=O)c2ccccc2Cl)c1. The van der Waals surface area contributed by atoms with Crippen molar-refractivity contribution in [3.05, 3.63) is 70.2 Å². The zero-order chi connectivity index (χ0) is 15.1. The molecule has 4 heteroatoms. The molecule has 0 heterocycles. The largest absolute Gasteiger partial charge is 0.348 e. The van der Waals surface area contributed by atoms with E-state index in [9.17, 15) is 4.79 Å². The van der Waals surface area contributed by atoms with Crippen molar-refractivity contribution in [3.63, 3.8) is 0 Å². The maximum atomic E-state index is 12.1. The van der Waals surface area contributed by atoms with Gasteiger partial charge in [-0.15, -0.1) is 0 Å². The highest BCUT2D eigenvalue weighted by Gasteiger charge is 2.08. The van der Waals surface area contributed by atoms with Crippen molar-refractivity contribution in [1.82, 2.24) is 5.32 Å². The van der Waals surface area contributed by atoms with Crippen LogP contribution in [0.3, 0.4) is 0 Å². The zero-order valence-corrected chi connectivity index (χ0v) is 12.2. The first kappa shape index (κ1) is 15.1. The minimum atomic E-state index is -0.195. The third kappa shape index (κ3) is 4.35. The van der Waals surface area contributed by atoms with E-state index >= 15 is 0 Å². The van der Waals surface area contributed by atoms with Gasteiger partial charge in [0.25, 0.3) is 5.91 Å². The summed E-state index contributed by atoms with van der Waals surface area (Å²) in [7, 11) is 0. The number of nitrogens with one attached hydrogen (secondary N) is 1. The van der Waals surface area contributed by atoms with E-state index < -0.39 is 0 Å². The van der Waals surface area contributed by atoms with Crippen LogP contribution in [0, 0.1) is 11.8 Å². The predicted octanol–water partition coefficient (Wildman–Crippen LogP) is 2.58. The molecule has 0 saturated carbocycles. The summed E-state index contributed by atoms with van der Waals surface area (Å²) in [5.41, 5.74) is 7.67. The molecular formula is C17H15ClN2O. The second kappa shape index (κ2) is 7.49. The molecule has 0 atom stereocenters. The summed E-state index contributed by atoms with van der Waals surface area (Å²) in [6.45, 7) is 0.746. The van der Waals surface area contributed by atoms with Crippen molar-refractivity contribution in [1.29, 1.82) is 0 Å². The molecule has 0 aromatic heterocycles. The van der Waals surface area contributed by atoms with Crippen LogP contribution in [0.4, 0.5) is 0 Å². The Balaban J connectivity index is 2.03. The number of carbonyl (C=O) groups is 1. The Hall–Kier alpha value is -2.28. The molecule has 0 spiro atoms. The minimum Gasteiger partial charge on any atom is -0.348 e. The molecule has 3 nitrogen and oxygen atoms in total. The van der Waals surface area contributed by atoms with Gasteiger partial charge in [0.1, 0.15) is 0 Å². The Kier molecular flexibility index (Phi) is 5.39. The fourth-order valence-electron chi connectivity index (χ4n) is 1.84. The zero-order valence-electron chi connectivity index (χ0n) is 11.4. The smallest absolute Gasteiger partial charge is 0.253 e. The Morgan fingerprint density at radius 1 is 1.19 bits per heavy atom. The lowest BCUT2D eigenvalue weighted by atomic mass is 10.1. The number of hydrogen-bond acceptors (Lipinski definition) is 2. The van der Waals surface area contributed by atoms with Gasteiger partial charge in [-0.2, -0.15) is 0 Å². The molecule has 2 aromatic rings. The third-order valence-corrected chi connectivity index (χ3v) is 3.16. The van der Waals surface area contributed by atoms with Gasteiger partial charge in [0.2, 0.25) is 0 Å². The van der Waals surface area contributed by atoms with Gasteiger partial charge in [0.15, 0.2) is 0 Å². The third-order valence-electron chi connectivity index (χ3n) is 2.83. The fraction of sp³-hybridized carbons (Fsp3) is 0.118. The van der Waals surface area contributed by atoms with E-state index in [4.69, 9.17) is 17.3 Å². The van der Waals surface area contributed by atoms with Gasteiger partial charge < -0.3 is 11.1 Å². The summed E-state index contributed by atoms with van der Waals surface area (Å²) in [5, 5.41) is 3.29. The molecule has 0 saturated heterocycles. The maximum Gasteiger partial charge on any atom is 0.253 e. The predicted molar refractivity (Wildman–Crippen MR) is 85.0 cm³/mol. The van der Waals surface area contributed by atoms with Gasteiger partial charge in [0.05, 0.1) is 17.1 Å². The highest BCUT2D eigenvalue weighted by atomic mass is 35.5. The molecule has 21 heavy (non-hydrogen) atoms. The van der Waals surface area contributed by atoms with Crippen molar-refractivity contribution in [2.24, 2.45) is 5.73 Å². The van der Waals surface area contributed by atoms with Crippen LogP contribution in [0.1, 0.15) is 21.5 Å². The van der Waals surface area contributed by atoms with Crippen LogP contribution < -0.4 is 11.1 Å². The molecule has 3 N–H and O–H groups in total. The van der Waals surface area contributed by atoms with E-state index in [1.54, 1.807) is 24.3 Å². The van der Waals surface area contributed by atoms with Crippen molar-refractivity contribution in [3.8, 4) is 11.8 Å². The molecule has 1 amide bonds. The maximum absolute atomic E-state index is 12.1. The molecule has 2 aromatic carbocycles. The molecule has 0 fully saturated rings. The van der Waals surface area contributed by atoms with Crippen molar-refractivity contribution in [2.45, 2.75) is 6.54 Å². The van der Waals surface area contributed by atoms with Gasteiger partial charge >= 0.3 is 0 Å². The Labute approximate surface area is 129 Å². The number of carbonyl (C=O) groups excluding carboxylic acids is 1. The van der Waals surface area contributed by atoms with Crippen LogP contribution in [0.5, 0.6) is 0 Å². The second-order valence-electron chi connectivity index (χ2n) is 4.37. The van der Waals surface area contributed by atoms with Crippen molar-refractivity contribution < 1.29 is 4.79 Å². The van der Waals surface area contributed by atoms with Crippen LogP contribution in [0.15, 0.2) is 48.5 Å². The van der Waals surface area contributed by atoms with Crippen LogP contribution in [0.25, 0.3) is 0 Å². The Morgan fingerprint density at radius 2 is 2.00 bits per heavy atom. The quantitative estimate of drug-likeness (QED) is 0.856. The average molecular weight is 299 g/mol. The summed E-state index contributed by atoms with van der Waals surface area (Å²) >= 11 is 5.99. The summed E-state index contributed by atoms with van der Waals surface area (Å²) in [5.74, 6) is 5.57. The topological polar surface area (TPSA) is 55.1 Å². The molecule has 0 aliphatic carbocycles. The summed E-state index contributed by atoms with van der Waals surface area (Å²) in [6.07, 6.45) is 0. The van der Waals surface area contributed by atoms with E-state index in [0.29, 0.717) is 23.7 Å². The van der Waals surface area contributed by atoms with Crippen LogP contribution in [0.2, 0.25) is 5.02 Å². The lowest BCUT2D eigenvalue weighted by Crippen LogP contribution is -2.23. The number of hydrogen-bond donors (Lipinski definition) is 2. The number of benzene rings is 2. The van der Waals surface area contributed by atoms with Gasteiger partial charge in [-0.05, 0) is 29.8 Å². The van der Waals surface area contributed by atoms with Gasteiger partial charge in [-0.1, -0.05) is 47.7 Å². The highest BCUT2D eigenvalue weighted by Crippen LogP contribution is 2.14. The van der Waals surface area contributed by atoms with Gasteiger partial charge in [-0.25, -0.2) is 0 Å². The van der Waals surface area contributed by atoms with E-state index in [1.165, 1.54) is 0 Å².